The summed E-state index contributed by atoms with van der Waals surface area (Å²) in [6, 6.07) is 9.95. The average Bonchev–Trinajstić information content (AvgIpc) is 3.09. The summed E-state index contributed by atoms with van der Waals surface area (Å²) in [6.45, 7) is 1.42. The van der Waals surface area contributed by atoms with Crippen molar-refractivity contribution < 1.29 is 22.5 Å². The zero-order chi connectivity index (χ0) is 20.1. The van der Waals surface area contributed by atoms with Gasteiger partial charge in [0.25, 0.3) is 0 Å². The minimum Gasteiger partial charge on any atom is -0.383 e. The Morgan fingerprint density at radius 3 is 2.79 bits per heavy atom. The van der Waals surface area contributed by atoms with Crippen LogP contribution in [0.1, 0.15) is 5.76 Å². The zero-order valence-electron chi connectivity index (χ0n) is 15.5. The first-order valence-electron chi connectivity index (χ1n) is 8.48. The third-order valence-corrected chi connectivity index (χ3v) is 5.85. The summed E-state index contributed by atoms with van der Waals surface area (Å²) in [7, 11) is -2.54. The van der Waals surface area contributed by atoms with Crippen LogP contribution in [0.5, 0.6) is 0 Å². The number of nitrogens with zero attached hydrogens (tertiary/aromatic N) is 3. The summed E-state index contributed by atoms with van der Waals surface area (Å²) in [5.41, 5.74) is 0.347. The maximum atomic E-state index is 13.3. The number of fused-ring (bicyclic) bond motifs is 1. The fourth-order valence-electron chi connectivity index (χ4n) is 2.67. The Balaban J connectivity index is 1.89. The van der Waals surface area contributed by atoms with Gasteiger partial charge in [0.15, 0.2) is 5.82 Å². The Kier molecular flexibility index (Phi) is 6.02. The minimum atomic E-state index is -4.00. The van der Waals surface area contributed by atoms with Gasteiger partial charge < -0.3 is 14.6 Å². The van der Waals surface area contributed by atoms with Gasteiger partial charge in [-0.2, -0.15) is 4.31 Å². The van der Waals surface area contributed by atoms with Crippen molar-refractivity contribution in [3.05, 3.63) is 48.4 Å². The van der Waals surface area contributed by atoms with Crippen LogP contribution < -0.4 is 5.32 Å². The highest BCUT2D eigenvalue weighted by Crippen LogP contribution is 2.24. The van der Waals surface area contributed by atoms with E-state index in [1.54, 1.807) is 37.3 Å². The molecule has 1 N–H and O–H groups in total. The van der Waals surface area contributed by atoms with E-state index in [-0.39, 0.29) is 23.9 Å². The second-order valence-electron chi connectivity index (χ2n) is 6.03. The number of amides is 1. The number of para-hydroxylation sites is 1. The molecular formula is C18H20N4O5S. The fraction of sp³-hybridized carbons (Fsp3) is 0.278. The predicted molar refractivity (Wildman–Crippen MR) is 102 cm³/mol. The third-order valence-electron chi connectivity index (χ3n) is 3.97. The molecule has 2 heterocycles. The van der Waals surface area contributed by atoms with Crippen LogP contribution >= 0.6 is 0 Å². The number of carbonyl (C=O) groups is 1. The Morgan fingerprint density at radius 2 is 2.07 bits per heavy atom. The van der Waals surface area contributed by atoms with Gasteiger partial charge in [-0.05, 0) is 19.1 Å². The van der Waals surface area contributed by atoms with Gasteiger partial charge in [-0.15, -0.1) is 0 Å². The van der Waals surface area contributed by atoms with Crippen molar-refractivity contribution >= 4 is 32.7 Å². The SMILES string of the molecule is COCCN(CC(=O)Nc1cc(C)on1)S(=O)(=O)c1cccc2cccnc12. The number of ether oxygens (including phenoxy) is 1. The van der Waals surface area contributed by atoms with Gasteiger partial charge in [0, 0.05) is 31.3 Å². The number of hydrogen-bond donors (Lipinski definition) is 1. The van der Waals surface area contributed by atoms with Crippen LogP contribution in [0.4, 0.5) is 5.82 Å². The Morgan fingerprint density at radius 1 is 1.29 bits per heavy atom. The lowest BCUT2D eigenvalue weighted by atomic mass is 10.2. The number of aryl methyl sites for hydroxylation is 1. The van der Waals surface area contributed by atoms with Crippen LogP contribution in [0.25, 0.3) is 10.9 Å². The van der Waals surface area contributed by atoms with Gasteiger partial charge in [0.2, 0.25) is 15.9 Å². The predicted octanol–water partition coefficient (Wildman–Crippen LogP) is 1.81. The Hall–Kier alpha value is -2.82. The first kappa shape index (κ1) is 19.9. The Labute approximate surface area is 162 Å². The van der Waals surface area contributed by atoms with Crippen LogP contribution in [0.3, 0.4) is 0 Å². The number of aromatic nitrogens is 2. The average molecular weight is 404 g/mol. The van der Waals surface area contributed by atoms with Crippen molar-refractivity contribution in [3.63, 3.8) is 0 Å². The molecule has 0 bridgehead atoms. The Bertz CT molecular complexity index is 1080. The van der Waals surface area contributed by atoms with Gasteiger partial charge in [0.1, 0.15) is 10.7 Å². The van der Waals surface area contributed by atoms with E-state index in [0.29, 0.717) is 16.7 Å². The number of anilines is 1. The molecule has 3 aromatic rings. The lowest BCUT2D eigenvalue weighted by molar-refractivity contribution is -0.116. The second kappa shape index (κ2) is 8.46. The van der Waals surface area contributed by atoms with Crippen LogP contribution in [0.2, 0.25) is 0 Å². The van der Waals surface area contributed by atoms with Gasteiger partial charge in [-0.25, -0.2) is 8.42 Å². The lowest BCUT2D eigenvalue weighted by Gasteiger charge is -2.21. The maximum Gasteiger partial charge on any atom is 0.245 e. The van der Waals surface area contributed by atoms with Crippen molar-refractivity contribution in [1.82, 2.24) is 14.4 Å². The number of rotatable bonds is 8. The molecule has 0 unspecified atom stereocenters. The van der Waals surface area contributed by atoms with E-state index < -0.39 is 22.5 Å². The molecule has 148 valence electrons. The van der Waals surface area contributed by atoms with Gasteiger partial charge in [-0.3, -0.25) is 9.78 Å². The molecular weight excluding hydrogens is 384 g/mol. The highest BCUT2D eigenvalue weighted by atomic mass is 32.2. The summed E-state index contributed by atoms with van der Waals surface area (Å²) < 4.78 is 37.5. The summed E-state index contributed by atoms with van der Waals surface area (Å²) in [5.74, 6) is 0.209. The number of carbonyl (C=O) groups excluding carboxylic acids is 1. The van der Waals surface area contributed by atoms with Crippen LogP contribution in [0, 0.1) is 6.92 Å². The van der Waals surface area contributed by atoms with Crippen molar-refractivity contribution in [3.8, 4) is 0 Å². The summed E-state index contributed by atoms with van der Waals surface area (Å²) in [6.07, 6.45) is 1.53. The number of sulfonamides is 1. The smallest absolute Gasteiger partial charge is 0.245 e. The molecule has 9 nitrogen and oxygen atoms in total. The van der Waals surface area contributed by atoms with Gasteiger partial charge in [-0.1, -0.05) is 23.4 Å². The van der Waals surface area contributed by atoms with Crippen molar-refractivity contribution in [2.75, 3.05) is 32.1 Å². The van der Waals surface area contributed by atoms with Gasteiger partial charge in [0.05, 0.1) is 18.7 Å². The van der Waals surface area contributed by atoms with Crippen LogP contribution in [0.15, 0.2) is 52.0 Å². The number of pyridine rings is 1. The first-order chi connectivity index (χ1) is 13.4. The summed E-state index contributed by atoms with van der Waals surface area (Å²) in [4.78, 5) is 16.6. The van der Waals surface area contributed by atoms with Crippen molar-refractivity contribution in [1.29, 1.82) is 0 Å². The standard InChI is InChI=1S/C18H20N4O5S/c1-13-11-16(21-27-13)20-17(23)12-22(9-10-26-2)28(24,25)15-7-3-5-14-6-4-8-19-18(14)15/h3-8,11H,9-10,12H2,1-2H3,(H,20,21,23). The topological polar surface area (TPSA) is 115 Å². The van der Waals surface area contributed by atoms with Crippen molar-refractivity contribution in [2.24, 2.45) is 0 Å². The molecule has 0 atom stereocenters. The molecule has 10 heteroatoms. The van der Waals surface area contributed by atoms with Crippen molar-refractivity contribution in [2.45, 2.75) is 11.8 Å². The fourth-order valence-corrected chi connectivity index (χ4v) is 4.21. The highest BCUT2D eigenvalue weighted by Gasteiger charge is 2.28. The molecule has 0 saturated carbocycles. The van der Waals surface area contributed by atoms with Crippen LogP contribution in [-0.4, -0.2) is 55.6 Å². The van der Waals surface area contributed by atoms with E-state index in [0.717, 1.165) is 4.31 Å². The number of methoxy groups -OCH3 is 1. The molecule has 0 saturated heterocycles. The highest BCUT2D eigenvalue weighted by molar-refractivity contribution is 7.89. The molecule has 1 aromatic carbocycles. The van der Waals surface area contributed by atoms with Gasteiger partial charge >= 0.3 is 0 Å². The maximum absolute atomic E-state index is 13.3. The molecule has 2 aromatic heterocycles. The van der Waals surface area contributed by atoms with E-state index in [2.05, 4.69) is 15.5 Å². The molecule has 0 spiro atoms. The quantitative estimate of drug-likeness (QED) is 0.609. The number of nitrogens with one attached hydrogen (secondary N) is 1. The molecule has 0 aliphatic heterocycles. The lowest BCUT2D eigenvalue weighted by Crippen LogP contribution is -2.40. The third kappa shape index (κ3) is 4.35. The van der Waals surface area contributed by atoms with E-state index in [1.807, 2.05) is 0 Å². The number of hydrogen-bond acceptors (Lipinski definition) is 7. The molecule has 28 heavy (non-hydrogen) atoms. The largest absolute Gasteiger partial charge is 0.383 e. The summed E-state index contributed by atoms with van der Waals surface area (Å²) in [5, 5.41) is 6.89. The zero-order valence-corrected chi connectivity index (χ0v) is 16.3. The minimum absolute atomic E-state index is 0.00726. The normalized spacial score (nSPS) is 11.8. The van der Waals surface area contributed by atoms with E-state index >= 15 is 0 Å². The number of benzene rings is 1. The van der Waals surface area contributed by atoms with Crippen LogP contribution in [-0.2, 0) is 19.6 Å². The molecule has 1 amide bonds. The molecule has 0 radical (unpaired) electrons. The first-order valence-corrected chi connectivity index (χ1v) is 9.92. The van der Waals surface area contributed by atoms with E-state index in [4.69, 9.17) is 9.26 Å². The monoisotopic (exact) mass is 404 g/mol. The molecule has 0 aliphatic carbocycles. The molecule has 0 fully saturated rings. The van der Waals surface area contributed by atoms with E-state index in [9.17, 15) is 13.2 Å². The molecule has 0 aliphatic rings. The van der Waals surface area contributed by atoms with E-state index in [1.165, 1.54) is 19.4 Å². The molecule has 3 rings (SSSR count). The second-order valence-corrected chi connectivity index (χ2v) is 7.94. The summed E-state index contributed by atoms with van der Waals surface area (Å²) >= 11 is 0.